The molecule has 5 rings (SSSR count). The van der Waals surface area contributed by atoms with Crippen molar-refractivity contribution in [2.24, 2.45) is 17.6 Å². The van der Waals surface area contributed by atoms with Gasteiger partial charge in [-0.2, -0.15) is 0 Å². The second-order valence-electron chi connectivity index (χ2n) is 11.3. The SMILES string of the molecule is Cc1ccc2c(c1O)C(=O)C1=C(O)C3(O)C(=O)C(C(N)=O)=C(O)C(N(C)C)C3C(O)C1C2COC1CCCC1. The van der Waals surface area contributed by atoms with E-state index in [1.807, 2.05) is 0 Å². The number of aliphatic hydroxyl groups excluding tert-OH is 3. The number of likely N-dealkylation sites (N-methyl/N-ethyl adjacent to an activating group) is 1. The first kappa shape index (κ1) is 27.3. The summed E-state index contributed by atoms with van der Waals surface area (Å²) in [7, 11) is 3.00. The Morgan fingerprint density at radius 3 is 2.38 bits per heavy atom. The molecule has 11 heteroatoms. The molecule has 11 nitrogen and oxygen atoms in total. The number of aryl methyl sites for hydroxylation is 1. The number of amides is 1. The third kappa shape index (κ3) is 3.75. The van der Waals surface area contributed by atoms with Gasteiger partial charge in [0.2, 0.25) is 5.78 Å². The monoisotopic (exact) mass is 542 g/mol. The number of fused-ring (bicyclic) bond motifs is 3. The summed E-state index contributed by atoms with van der Waals surface area (Å²) in [5.74, 6) is -9.16. The fraction of sp³-hybridized carbons (Fsp3) is 0.536. The quantitative estimate of drug-likeness (QED) is 0.291. The number of ether oxygens (including phenoxy) is 1. The molecule has 0 bridgehead atoms. The van der Waals surface area contributed by atoms with Crippen molar-refractivity contribution in [2.75, 3.05) is 20.7 Å². The summed E-state index contributed by atoms with van der Waals surface area (Å²) in [6, 6.07) is 2.00. The number of aromatic hydroxyl groups is 1. The molecular formula is C28H34N2O9. The van der Waals surface area contributed by atoms with Crippen LogP contribution in [0.25, 0.3) is 0 Å². The van der Waals surface area contributed by atoms with Gasteiger partial charge >= 0.3 is 0 Å². The molecule has 7 N–H and O–H groups in total. The number of hydrogen-bond donors (Lipinski definition) is 6. The van der Waals surface area contributed by atoms with Crippen molar-refractivity contribution >= 4 is 17.5 Å². The molecule has 39 heavy (non-hydrogen) atoms. The zero-order valence-electron chi connectivity index (χ0n) is 22.0. The van der Waals surface area contributed by atoms with E-state index in [1.165, 1.54) is 19.0 Å². The number of phenols is 1. The molecule has 0 spiro atoms. The Morgan fingerprint density at radius 2 is 1.79 bits per heavy atom. The van der Waals surface area contributed by atoms with Crippen LogP contribution in [0.3, 0.4) is 0 Å². The number of nitrogens with two attached hydrogens (primary N) is 1. The number of carbonyl (C=O) groups excluding carboxylic acids is 3. The largest absolute Gasteiger partial charge is 0.510 e. The second-order valence-corrected chi connectivity index (χ2v) is 11.3. The van der Waals surface area contributed by atoms with E-state index >= 15 is 0 Å². The lowest BCUT2D eigenvalue weighted by atomic mass is 9.55. The number of nitrogens with zero attached hydrogens (tertiary/aromatic N) is 1. The van der Waals surface area contributed by atoms with E-state index in [1.54, 1.807) is 19.1 Å². The Kier molecular flexibility index (Phi) is 6.61. The average Bonchev–Trinajstić information content (AvgIpc) is 3.39. The molecule has 6 unspecified atom stereocenters. The molecule has 4 aliphatic rings. The Balaban J connectivity index is 1.75. The summed E-state index contributed by atoms with van der Waals surface area (Å²) in [6.07, 6.45) is 2.04. The minimum Gasteiger partial charge on any atom is -0.510 e. The maximum absolute atomic E-state index is 13.9. The Bertz CT molecular complexity index is 1330. The molecule has 210 valence electrons. The van der Waals surface area contributed by atoms with Gasteiger partial charge in [0.25, 0.3) is 5.91 Å². The summed E-state index contributed by atoms with van der Waals surface area (Å²) >= 11 is 0. The third-order valence-corrected chi connectivity index (χ3v) is 8.95. The molecule has 0 heterocycles. The normalized spacial score (nSPS) is 32.9. The van der Waals surface area contributed by atoms with Crippen LogP contribution >= 0.6 is 0 Å². The Hall–Kier alpha value is -3.25. The second kappa shape index (κ2) is 9.44. The predicted molar refractivity (Wildman–Crippen MR) is 137 cm³/mol. The van der Waals surface area contributed by atoms with Gasteiger partial charge in [-0.25, -0.2) is 0 Å². The van der Waals surface area contributed by atoms with Crippen molar-refractivity contribution in [3.63, 3.8) is 0 Å². The van der Waals surface area contributed by atoms with Gasteiger partial charge in [-0.3, -0.25) is 19.3 Å². The van der Waals surface area contributed by atoms with Crippen LogP contribution in [0.15, 0.2) is 34.8 Å². The first-order valence-corrected chi connectivity index (χ1v) is 13.1. The number of phenolic OH excluding ortho intramolecular Hbond substituents is 1. The van der Waals surface area contributed by atoms with E-state index in [0.717, 1.165) is 25.7 Å². The van der Waals surface area contributed by atoms with Crippen molar-refractivity contribution < 1.29 is 44.7 Å². The summed E-state index contributed by atoms with van der Waals surface area (Å²) < 4.78 is 6.20. The van der Waals surface area contributed by atoms with Crippen molar-refractivity contribution in [1.29, 1.82) is 0 Å². The zero-order valence-corrected chi connectivity index (χ0v) is 22.0. The number of hydrogen-bond acceptors (Lipinski definition) is 10. The van der Waals surface area contributed by atoms with Gasteiger partial charge in [0, 0.05) is 17.4 Å². The van der Waals surface area contributed by atoms with E-state index in [-0.39, 0.29) is 24.0 Å². The third-order valence-electron chi connectivity index (χ3n) is 8.95. The molecule has 1 saturated carbocycles. The van der Waals surface area contributed by atoms with Crippen molar-refractivity contribution in [2.45, 2.75) is 62.4 Å². The van der Waals surface area contributed by atoms with Crippen LogP contribution in [0.5, 0.6) is 5.75 Å². The number of rotatable bonds is 5. The molecule has 1 aromatic carbocycles. The van der Waals surface area contributed by atoms with Gasteiger partial charge in [-0.1, -0.05) is 25.0 Å². The maximum atomic E-state index is 13.9. The molecule has 0 saturated heterocycles. The number of aliphatic hydroxyl groups is 4. The number of Topliss-reactive ketones (excluding diaryl/α,β-unsaturated/α-hetero) is 2. The fourth-order valence-corrected chi connectivity index (χ4v) is 7.04. The highest BCUT2D eigenvalue weighted by molar-refractivity contribution is 6.25. The first-order valence-electron chi connectivity index (χ1n) is 13.1. The van der Waals surface area contributed by atoms with Crippen LogP contribution < -0.4 is 5.73 Å². The molecule has 1 fully saturated rings. The van der Waals surface area contributed by atoms with E-state index in [9.17, 15) is 39.9 Å². The van der Waals surface area contributed by atoms with Crippen molar-refractivity contribution in [3.05, 3.63) is 51.5 Å². The lowest BCUT2D eigenvalue weighted by Crippen LogP contribution is -2.68. The van der Waals surface area contributed by atoms with Crippen molar-refractivity contribution in [1.82, 2.24) is 4.90 Å². The zero-order chi connectivity index (χ0) is 28.5. The lowest BCUT2D eigenvalue weighted by molar-refractivity contribution is -0.163. The lowest BCUT2D eigenvalue weighted by Gasteiger charge is -2.53. The summed E-state index contributed by atoms with van der Waals surface area (Å²) in [5, 5.41) is 57.1. The topological polar surface area (TPSA) is 191 Å². The highest BCUT2D eigenvalue weighted by atomic mass is 16.5. The Labute approximate surface area is 225 Å². The smallest absolute Gasteiger partial charge is 0.255 e. The molecule has 0 aliphatic heterocycles. The number of carbonyl (C=O) groups is 3. The summed E-state index contributed by atoms with van der Waals surface area (Å²) in [4.78, 5) is 41.0. The molecule has 1 amide bonds. The van der Waals surface area contributed by atoms with Crippen LogP contribution in [-0.4, -0.2) is 92.5 Å². The maximum Gasteiger partial charge on any atom is 0.255 e. The summed E-state index contributed by atoms with van der Waals surface area (Å²) in [6.45, 7) is 1.64. The van der Waals surface area contributed by atoms with Gasteiger partial charge < -0.3 is 36.0 Å². The number of ketones is 2. The highest BCUT2D eigenvalue weighted by Crippen LogP contribution is 2.56. The van der Waals surface area contributed by atoms with Gasteiger partial charge in [-0.15, -0.1) is 0 Å². The van der Waals surface area contributed by atoms with Crippen LogP contribution in [0, 0.1) is 18.8 Å². The standard InChI is InChI=1S/C28H34N2O9/c1-11-8-9-13-14(10-39-12-6-4-5-7-12)15-17(22(32)16(13)21(11)31)25(35)28(38)19(23(15)33)20(30(2)3)24(34)18(26(28)36)27(29)37/h8-9,12,14-15,19-20,23,31,33-35,38H,4-7,10H2,1-3H3,(H2,29,37). The average molecular weight is 543 g/mol. The van der Waals surface area contributed by atoms with E-state index < -0.39 is 75.6 Å². The van der Waals surface area contributed by atoms with Crippen LogP contribution in [0.1, 0.15) is 53.1 Å². The molecule has 4 aliphatic carbocycles. The van der Waals surface area contributed by atoms with E-state index in [4.69, 9.17) is 10.5 Å². The number of benzene rings is 1. The predicted octanol–water partition coefficient (Wildman–Crippen LogP) is 0.900. The highest BCUT2D eigenvalue weighted by Gasteiger charge is 2.67. The minimum atomic E-state index is -2.94. The molecule has 6 atom stereocenters. The van der Waals surface area contributed by atoms with Gasteiger partial charge in [0.05, 0.1) is 36.3 Å². The van der Waals surface area contributed by atoms with Crippen LogP contribution in [0.2, 0.25) is 0 Å². The van der Waals surface area contributed by atoms with E-state index in [2.05, 4.69) is 0 Å². The number of primary amides is 1. The van der Waals surface area contributed by atoms with Gasteiger partial charge in [0.1, 0.15) is 22.8 Å². The summed E-state index contributed by atoms with van der Waals surface area (Å²) in [5.41, 5.74) is 1.76. The minimum absolute atomic E-state index is 0.0281. The van der Waals surface area contributed by atoms with Crippen LogP contribution in [0.4, 0.5) is 0 Å². The van der Waals surface area contributed by atoms with Crippen LogP contribution in [-0.2, 0) is 14.3 Å². The van der Waals surface area contributed by atoms with Gasteiger partial charge in [0.15, 0.2) is 11.4 Å². The first-order chi connectivity index (χ1) is 18.3. The molecular weight excluding hydrogens is 508 g/mol. The van der Waals surface area contributed by atoms with Crippen molar-refractivity contribution in [3.8, 4) is 5.75 Å². The van der Waals surface area contributed by atoms with E-state index in [0.29, 0.717) is 11.1 Å². The fourth-order valence-electron chi connectivity index (χ4n) is 7.04. The van der Waals surface area contributed by atoms with Gasteiger partial charge in [-0.05, 0) is 45.0 Å². The Morgan fingerprint density at radius 1 is 1.15 bits per heavy atom. The molecule has 1 aromatic rings. The molecule has 0 radical (unpaired) electrons. The molecule has 0 aromatic heterocycles.